The predicted molar refractivity (Wildman–Crippen MR) is 88.2 cm³/mol. The molecular weight excluding hydrogens is 288 g/mol. The van der Waals surface area contributed by atoms with Crippen molar-refractivity contribution in [1.82, 2.24) is 24.6 Å². The van der Waals surface area contributed by atoms with Gasteiger partial charge in [-0.1, -0.05) is 11.3 Å². The van der Waals surface area contributed by atoms with Crippen LogP contribution in [0.4, 0.5) is 0 Å². The van der Waals surface area contributed by atoms with E-state index in [1.165, 1.54) is 11.1 Å². The zero-order valence-electron chi connectivity index (χ0n) is 13.8. The molecule has 3 aromatic heterocycles. The van der Waals surface area contributed by atoms with Gasteiger partial charge in [0, 0.05) is 24.2 Å². The lowest BCUT2D eigenvalue weighted by atomic mass is 9.79. The van der Waals surface area contributed by atoms with E-state index in [1.54, 1.807) is 0 Å². The van der Waals surface area contributed by atoms with E-state index < -0.39 is 5.54 Å². The molecule has 2 N–H and O–H groups in total. The van der Waals surface area contributed by atoms with Crippen LogP contribution in [0.2, 0.25) is 0 Å². The van der Waals surface area contributed by atoms with Crippen molar-refractivity contribution in [3.05, 3.63) is 47.0 Å². The van der Waals surface area contributed by atoms with E-state index in [0.717, 1.165) is 36.2 Å². The van der Waals surface area contributed by atoms with Crippen LogP contribution in [-0.4, -0.2) is 24.6 Å². The quantitative estimate of drug-likeness (QED) is 0.787. The van der Waals surface area contributed by atoms with Gasteiger partial charge in [0.2, 0.25) is 0 Å². The lowest BCUT2D eigenvalue weighted by Gasteiger charge is -2.30. The molecule has 0 bridgehead atoms. The van der Waals surface area contributed by atoms with Gasteiger partial charge in [0.25, 0.3) is 0 Å². The first-order valence-corrected chi connectivity index (χ1v) is 8.14. The molecule has 1 unspecified atom stereocenters. The first-order chi connectivity index (χ1) is 11.0. The second kappa shape index (κ2) is 4.89. The van der Waals surface area contributed by atoms with Crippen LogP contribution in [0.3, 0.4) is 0 Å². The van der Waals surface area contributed by atoms with E-state index in [0.29, 0.717) is 6.04 Å². The minimum atomic E-state index is -0.464. The fraction of sp³-hybridized carbons (Fsp3) is 0.471. The molecule has 4 rings (SSSR count). The lowest BCUT2D eigenvalue weighted by molar-refractivity contribution is 0.373. The maximum atomic E-state index is 6.74. The van der Waals surface area contributed by atoms with Gasteiger partial charge in [-0.3, -0.25) is 0 Å². The first kappa shape index (κ1) is 14.4. The molecule has 0 spiro atoms. The van der Waals surface area contributed by atoms with Gasteiger partial charge in [-0.15, -0.1) is 5.10 Å². The summed E-state index contributed by atoms with van der Waals surface area (Å²) in [5.74, 6) is 0. The maximum Gasteiger partial charge on any atom is 0.103 e. The Morgan fingerprint density at radius 1 is 1.26 bits per heavy atom. The standard InChI is InChI=1S/C17H22N6/c1-11(2)22-10-16(19-21-22)17(18)7-6-14-13(8-17)15-5-4-12(3)9-23(15)20-14/h4-5,9-11H,6-8,18H2,1-3H3. The van der Waals surface area contributed by atoms with Gasteiger partial charge in [-0.25, -0.2) is 9.20 Å². The van der Waals surface area contributed by atoms with Crippen molar-refractivity contribution in [3.63, 3.8) is 0 Å². The van der Waals surface area contributed by atoms with Gasteiger partial charge in [0.05, 0.1) is 22.9 Å². The minimum absolute atomic E-state index is 0.291. The van der Waals surface area contributed by atoms with Crippen LogP contribution in [0, 0.1) is 6.92 Å². The second-order valence-corrected chi connectivity index (χ2v) is 6.97. The Hall–Kier alpha value is -2.21. The Kier molecular flexibility index (Phi) is 3.06. The maximum absolute atomic E-state index is 6.74. The summed E-state index contributed by atoms with van der Waals surface area (Å²) in [6.07, 6.45) is 6.54. The molecule has 6 heteroatoms. The molecule has 0 fully saturated rings. The predicted octanol–water partition coefficient (Wildman–Crippen LogP) is 2.16. The molecule has 0 amide bonds. The smallest absolute Gasteiger partial charge is 0.103 e. The van der Waals surface area contributed by atoms with Gasteiger partial charge in [-0.2, -0.15) is 5.10 Å². The van der Waals surface area contributed by atoms with Crippen LogP contribution in [-0.2, 0) is 18.4 Å². The number of hydrogen-bond acceptors (Lipinski definition) is 4. The van der Waals surface area contributed by atoms with E-state index in [-0.39, 0.29) is 0 Å². The van der Waals surface area contributed by atoms with Crippen molar-refractivity contribution in [2.24, 2.45) is 5.73 Å². The van der Waals surface area contributed by atoms with Crippen LogP contribution >= 0.6 is 0 Å². The van der Waals surface area contributed by atoms with Crippen molar-refractivity contribution >= 4 is 5.52 Å². The van der Waals surface area contributed by atoms with Crippen LogP contribution in [0.25, 0.3) is 5.52 Å². The summed E-state index contributed by atoms with van der Waals surface area (Å²) in [7, 11) is 0. The van der Waals surface area contributed by atoms with E-state index in [1.807, 2.05) is 15.4 Å². The average molecular weight is 310 g/mol. The number of nitrogens with zero attached hydrogens (tertiary/aromatic N) is 5. The molecule has 0 aromatic carbocycles. The molecule has 0 saturated carbocycles. The molecule has 0 aliphatic heterocycles. The Labute approximate surface area is 135 Å². The summed E-state index contributed by atoms with van der Waals surface area (Å²) in [5.41, 5.74) is 11.9. The fourth-order valence-corrected chi connectivity index (χ4v) is 3.37. The summed E-state index contributed by atoms with van der Waals surface area (Å²) in [5, 5.41) is 13.3. The number of pyridine rings is 1. The molecular formula is C17H22N6. The Morgan fingerprint density at radius 3 is 2.83 bits per heavy atom. The average Bonchev–Trinajstić information content (AvgIpc) is 3.11. The Bertz CT molecular complexity index is 874. The second-order valence-electron chi connectivity index (χ2n) is 6.97. The zero-order valence-corrected chi connectivity index (χ0v) is 13.8. The highest BCUT2D eigenvalue weighted by Crippen LogP contribution is 2.35. The molecule has 3 heterocycles. The van der Waals surface area contributed by atoms with Crippen molar-refractivity contribution in [2.45, 2.75) is 51.6 Å². The highest BCUT2D eigenvalue weighted by molar-refractivity contribution is 5.58. The van der Waals surface area contributed by atoms with Gasteiger partial charge >= 0.3 is 0 Å². The van der Waals surface area contributed by atoms with Crippen LogP contribution < -0.4 is 5.73 Å². The third kappa shape index (κ3) is 2.25. The van der Waals surface area contributed by atoms with Crippen molar-refractivity contribution in [2.75, 3.05) is 0 Å². The van der Waals surface area contributed by atoms with Crippen LogP contribution in [0.15, 0.2) is 24.5 Å². The minimum Gasteiger partial charge on any atom is -0.320 e. The molecule has 23 heavy (non-hydrogen) atoms. The monoisotopic (exact) mass is 310 g/mol. The van der Waals surface area contributed by atoms with E-state index in [2.05, 4.69) is 49.4 Å². The molecule has 0 saturated heterocycles. The number of hydrogen-bond donors (Lipinski definition) is 1. The van der Waals surface area contributed by atoms with Crippen molar-refractivity contribution in [3.8, 4) is 0 Å². The van der Waals surface area contributed by atoms with E-state index in [9.17, 15) is 0 Å². The number of aryl methyl sites for hydroxylation is 2. The summed E-state index contributed by atoms with van der Waals surface area (Å²) < 4.78 is 3.86. The Morgan fingerprint density at radius 2 is 2.09 bits per heavy atom. The summed E-state index contributed by atoms with van der Waals surface area (Å²) in [6.45, 7) is 6.26. The molecule has 1 aliphatic carbocycles. The number of aromatic nitrogens is 5. The topological polar surface area (TPSA) is 74.0 Å². The van der Waals surface area contributed by atoms with Crippen molar-refractivity contribution < 1.29 is 0 Å². The van der Waals surface area contributed by atoms with Gasteiger partial charge in [-0.05, 0) is 45.2 Å². The number of rotatable bonds is 2. The molecule has 3 aromatic rings. The number of fused-ring (bicyclic) bond motifs is 3. The SMILES string of the molecule is Cc1ccc2c3c(nn2c1)CCC(N)(c1cn(C(C)C)nn1)C3. The highest BCUT2D eigenvalue weighted by Gasteiger charge is 2.37. The molecule has 1 atom stereocenters. The largest absolute Gasteiger partial charge is 0.320 e. The lowest BCUT2D eigenvalue weighted by Crippen LogP contribution is -2.42. The third-order valence-electron chi connectivity index (χ3n) is 4.81. The molecule has 1 aliphatic rings. The molecule has 120 valence electrons. The van der Waals surface area contributed by atoms with Crippen LogP contribution in [0.5, 0.6) is 0 Å². The van der Waals surface area contributed by atoms with Gasteiger partial charge in [0.15, 0.2) is 0 Å². The first-order valence-electron chi connectivity index (χ1n) is 8.14. The summed E-state index contributed by atoms with van der Waals surface area (Å²) in [6, 6.07) is 4.55. The molecule has 0 radical (unpaired) electrons. The summed E-state index contributed by atoms with van der Waals surface area (Å²) >= 11 is 0. The molecule has 6 nitrogen and oxygen atoms in total. The van der Waals surface area contributed by atoms with Gasteiger partial charge in [0.1, 0.15) is 5.69 Å². The van der Waals surface area contributed by atoms with Crippen molar-refractivity contribution in [1.29, 1.82) is 0 Å². The van der Waals surface area contributed by atoms with E-state index >= 15 is 0 Å². The Balaban J connectivity index is 1.75. The normalized spacial score (nSPS) is 21.1. The highest BCUT2D eigenvalue weighted by atomic mass is 15.4. The van der Waals surface area contributed by atoms with Gasteiger partial charge < -0.3 is 5.73 Å². The zero-order chi connectivity index (χ0) is 16.2. The third-order valence-corrected chi connectivity index (χ3v) is 4.81. The fourth-order valence-electron chi connectivity index (χ4n) is 3.37. The van der Waals surface area contributed by atoms with Crippen LogP contribution in [0.1, 0.15) is 48.8 Å². The van der Waals surface area contributed by atoms with E-state index in [4.69, 9.17) is 10.8 Å². The summed E-state index contributed by atoms with van der Waals surface area (Å²) in [4.78, 5) is 0. The number of nitrogens with two attached hydrogens (primary N) is 1.